The van der Waals surface area contributed by atoms with Gasteiger partial charge in [0.05, 0.1) is 5.88 Å². The largest absolute Gasteiger partial charge is 0.262 e. The SMILES string of the molecule is CC(C)(C)c1nc(SCn2cncn2)n[nH]1. The lowest BCUT2D eigenvalue weighted by atomic mass is 9.96. The molecule has 2 heterocycles. The van der Waals surface area contributed by atoms with Gasteiger partial charge in [-0.3, -0.25) is 5.10 Å². The summed E-state index contributed by atoms with van der Waals surface area (Å²) in [6.45, 7) is 6.29. The average Bonchev–Trinajstić information content (AvgIpc) is 2.85. The molecule has 0 saturated carbocycles. The summed E-state index contributed by atoms with van der Waals surface area (Å²) in [7, 11) is 0. The molecule has 16 heavy (non-hydrogen) atoms. The molecule has 0 radical (unpaired) electrons. The summed E-state index contributed by atoms with van der Waals surface area (Å²) in [4.78, 5) is 8.28. The number of thioether (sulfide) groups is 1. The van der Waals surface area contributed by atoms with Gasteiger partial charge >= 0.3 is 0 Å². The van der Waals surface area contributed by atoms with E-state index in [1.807, 2.05) is 0 Å². The van der Waals surface area contributed by atoms with E-state index in [9.17, 15) is 0 Å². The fraction of sp³-hybridized carbons (Fsp3) is 0.556. The third-order valence-electron chi connectivity index (χ3n) is 1.97. The topological polar surface area (TPSA) is 72.3 Å². The van der Waals surface area contributed by atoms with Crippen LogP contribution >= 0.6 is 11.8 Å². The van der Waals surface area contributed by atoms with E-state index in [1.54, 1.807) is 11.0 Å². The Labute approximate surface area is 97.9 Å². The highest BCUT2D eigenvalue weighted by Crippen LogP contribution is 2.21. The molecule has 0 amide bonds. The normalized spacial score (nSPS) is 11.9. The lowest BCUT2D eigenvalue weighted by Gasteiger charge is -2.12. The van der Waals surface area contributed by atoms with Crippen molar-refractivity contribution in [1.29, 1.82) is 0 Å². The lowest BCUT2D eigenvalue weighted by molar-refractivity contribution is 0.547. The van der Waals surface area contributed by atoms with Gasteiger partial charge in [0.2, 0.25) is 5.16 Å². The molecule has 0 aliphatic heterocycles. The molecule has 2 aromatic heterocycles. The Bertz CT molecular complexity index is 441. The fourth-order valence-corrected chi connectivity index (χ4v) is 1.72. The molecule has 1 N–H and O–H groups in total. The third kappa shape index (κ3) is 2.60. The third-order valence-corrected chi connectivity index (χ3v) is 2.80. The van der Waals surface area contributed by atoms with Gasteiger partial charge in [-0.1, -0.05) is 32.5 Å². The molecule has 0 aliphatic rings. The Hall–Kier alpha value is -1.37. The molecule has 0 atom stereocenters. The van der Waals surface area contributed by atoms with Crippen LogP contribution in [0.2, 0.25) is 0 Å². The Kier molecular flexibility index (Phi) is 2.95. The molecule has 2 aromatic rings. The van der Waals surface area contributed by atoms with Crippen molar-refractivity contribution >= 4 is 11.8 Å². The molecule has 0 bridgehead atoms. The molecule has 2 rings (SSSR count). The van der Waals surface area contributed by atoms with Gasteiger partial charge in [0.1, 0.15) is 18.5 Å². The first-order chi connectivity index (χ1) is 7.55. The van der Waals surface area contributed by atoms with Crippen LogP contribution in [-0.2, 0) is 11.3 Å². The molecule has 7 heteroatoms. The highest BCUT2D eigenvalue weighted by Gasteiger charge is 2.18. The summed E-state index contributed by atoms with van der Waals surface area (Å²) < 4.78 is 1.73. The second-order valence-electron chi connectivity index (χ2n) is 4.42. The number of aromatic nitrogens is 6. The lowest BCUT2D eigenvalue weighted by Crippen LogP contribution is -2.13. The summed E-state index contributed by atoms with van der Waals surface area (Å²) >= 11 is 1.52. The van der Waals surface area contributed by atoms with Crippen LogP contribution in [0.15, 0.2) is 17.8 Å². The highest BCUT2D eigenvalue weighted by atomic mass is 32.2. The van der Waals surface area contributed by atoms with E-state index in [0.717, 1.165) is 11.0 Å². The van der Waals surface area contributed by atoms with Crippen molar-refractivity contribution in [2.45, 2.75) is 37.2 Å². The average molecular weight is 238 g/mol. The van der Waals surface area contributed by atoms with Crippen molar-refractivity contribution in [2.24, 2.45) is 0 Å². The predicted octanol–water partition coefficient (Wildman–Crippen LogP) is 1.44. The summed E-state index contributed by atoms with van der Waals surface area (Å²) in [6, 6.07) is 0. The number of aromatic amines is 1. The minimum Gasteiger partial charge on any atom is -0.262 e. The molecular weight excluding hydrogens is 224 g/mol. The maximum Gasteiger partial charge on any atom is 0.210 e. The van der Waals surface area contributed by atoms with Gasteiger partial charge < -0.3 is 0 Å². The van der Waals surface area contributed by atoms with Crippen LogP contribution in [0.4, 0.5) is 0 Å². The van der Waals surface area contributed by atoms with Crippen LogP contribution in [0, 0.1) is 0 Å². The zero-order chi connectivity index (χ0) is 11.6. The van der Waals surface area contributed by atoms with Crippen LogP contribution in [0.3, 0.4) is 0 Å². The number of hydrogen-bond donors (Lipinski definition) is 1. The fourth-order valence-electron chi connectivity index (χ4n) is 1.07. The number of H-pyrrole nitrogens is 1. The van der Waals surface area contributed by atoms with E-state index in [-0.39, 0.29) is 5.41 Å². The molecule has 0 fully saturated rings. The molecule has 0 spiro atoms. The van der Waals surface area contributed by atoms with E-state index in [4.69, 9.17) is 0 Å². The quantitative estimate of drug-likeness (QED) is 0.819. The minimum absolute atomic E-state index is 0.000927. The highest BCUT2D eigenvalue weighted by molar-refractivity contribution is 7.98. The standard InChI is InChI=1S/C9H14N6S/c1-9(2,3)7-12-8(14-13-7)16-6-15-5-10-4-11-15/h4-5H,6H2,1-3H3,(H,12,13,14). The first-order valence-electron chi connectivity index (χ1n) is 4.94. The molecule has 0 unspecified atom stereocenters. The summed E-state index contributed by atoms with van der Waals surface area (Å²) in [5, 5.41) is 11.8. The summed E-state index contributed by atoms with van der Waals surface area (Å²) in [5.74, 6) is 1.56. The number of rotatable bonds is 3. The molecule has 86 valence electrons. The van der Waals surface area contributed by atoms with E-state index in [1.165, 1.54) is 18.1 Å². The van der Waals surface area contributed by atoms with Crippen molar-refractivity contribution in [1.82, 2.24) is 29.9 Å². The first-order valence-corrected chi connectivity index (χ1v) is 5.92. The smallest absolute Gasteiger partial charge is 0.210 e. The zero-order valence-corrected chi connectivity index (χ0v) is 10.3. The van der Waals surface area contributed by atoms with E-state index < -0.39 is 0 Å². The Balaban J connectivity index is 1.98. The summed E-state index contributed by atoms with van der Waals surface area (Å²) in [6.07, 6.45) is 3.18. The van der Waals surface area contributed by atoms with Gasteiger partial charge in [-0.25, -0.2) is 14.6 Å². The van der Waals surface area contributed by atoms with Crippen LogP contribution in [0.1, 0.15) is 26.6 Å². The first kappa shape index (κ1) is 11.1. The predicted molar refractivity (Wildman–Crippen MR) is 61.0 cm³/mol. The van der Waals surface area contributed by atoms with Crippen LogP contribution in [-0.4, -0.2) is 29.9 Å². The minimum atomic E-state index is -0.000927. The van der Waals surface area contributed by atoms with Crippen LogP contribution in [0.25, 0.3) is 0 Å². The molecule has 6 nitrogen and oxygen atoms in total. The number of nitrogens with one attached hydrogen (secondary N) is 1. The Morgan fingerprint density at radius 3 is 2.81 bits per heavy atom. The molecule has 0 aromatic carbocycles. The number of nitrogens with zero attached hydrogens (tertiary/aromatic N) is 5. The zero-order valence-electron chi connectivity index (χ0n) is 9.51. The van der Waals surface area contributed by atoms with Gasteiger partial charge in [-0.15, -0.1) is 5.10 Å². The monoisotopic (exact) mass is 238 g/mol. The van der Waals surface area contributed by atoms with Gasteiger partial charge in [0.25, 0.3) is 0 Å². The maximum absolute atomic E-state index is 4.42. The van der Waals surface area contributed by atoms with Gasteiger partial charge in [0, 0.05) is 5.41 Å². The molecule has 0 saturated heterocycles. The van der Waals surface area contributed by atoms with Gasteiger partial charge in [0.15, 0.2) is 0 Å². The van der Waals surface area contributed by atoms with Crippen LogP contribution in [0.5, 0.6) is 0 Å². The van der Waals surface area contributed by atoms with Crippen molar-refractivity contribution in [3.05, 3.63) is 18.5 Å². The van der Waals surface area contributed by atoms with E-state index in [2.05, 4.69) is 46.0 Å². The number of hydrogen-bond acceptors (Lipinski definition) is 5. The van der Waals surface area contributed by atoms with Crippen molar-refractivity contribution in [3.8, 4) is 0 Å². The van der Waals surface area contributed by atoms with E-state index >= 15 is 0 Å². The van der Waals surface area contributed by atoms with Gasteiger partial charge in [-0.2, -0.15) is 5.10 Å². The second kappa shape index (κ2) is 4.25. The van der Waals surface area contributed by atoms with Crippen LogP contribution < -0.4 is 0 Å². The molecular formula is C9H14N6S. The summed E-state index contributed by atoms with van der Waals surface area (Å²) in [5.41, 5.74) is -0.000927. The van der Waals surface area contributed by atoms with Gasteiger partial charge in [-0.05, 0) is 0 Å². The molecule has 0 aliphatic carbocycles. The maximum atomic E-state index is 4.42. The van der Waals surface area contributed by atoms with E-state index in [0.29, 0.717) is 5.88 Å². The van der Waals surface area contributed by atoms with Crippen molar-refractivity contribution in [3.63, 3.8) is 0 Å². The van der Waals surface area contributed by atoms with Crippen molar-refractivity contribution in [2.75, 3.05) is 0 Å². The second-order valence-corrected chi connectivity index (χ2v) is 5.34. The Morgan fingerprint density at radius 2 is 2.25 bits per heavy atom. The van der Waals surface area contributed by atoms with Crippen molar-refractivity contribution < 1.29 is 0 Å². The Morgan fingerprint density at radius 1 is 1.44 bits per heavy atom.